The molecule has 0 atom stereocenters. The third kappa shape index (κ3) is 6.87. The van der Waals surface area contributed by atoms with Crippen LogP contribution in [-0.4, -0.2) is 18.5 Å². The molecule has 0 saturated carbocycles. The molecule has 33 heavy (non-hydrogen) atoms. The second-order valence-corrected chi connectivity index (χ2v) is 6.86. The van der Waals surface area contributed by atoms with Gasteiger partial charge in [0, 0.05) is 11.8 Å². The zero-order valence-corrected chi connectivity index (χ0v) is 17.6. The number of esters is 2. The van der Waals surface area contributed by atoms with Crippen molar-refractivity contribution in [3.8, 4) is 28.9 Å². The third-order valence-electron chi connectivity index (χ3n) is 4.48. The molecule has 8 nitrogen and oxygen atoms in total. The molecule has 0 heterocycles. The SMILES string of the molecule is N#COc1ccc(-c2ccc(/C=C/C(=O)OCCC(=O)Oc3ccc(N)cc3N)cc2)cc1. The van der Waals surface area contributed by atoms with Crippen molar-refractivity contribution < 1.29 is 23.8 Å². The maximum absolute atomic E-state index is 11.9. The zero-order valence-electron chi connectivity index (χ0n) is 17.6. The number of nitrogens with zero attached hydrogens (tertiary/aromatic N) is 1. The number of hydrogen-bond acceptors (Lipinski definition) is 8. The molecule has 0 unspecified atom stereocenters. The second-order valence-electron chi connectivity index (χ2n) is 6.86. The van der Waals surface area contributed by atoms with Gasteiger partial charge in [-0.25, -0.2) is 4.79 Å². The fourth-order valence-corrected chi connectivity index (χ4v) is 2.84. The van der Waals surface area contributed by atoms with Gasteiger partial charge in [-0.3, -0.25) is 4.79 Å². The van der Waals surface area contributed by atoms with E-state index in [9.17, 15) is 9.59 Å². The van der Waals surface area contributed by atoms with Crippen molar-refractivity contribution in [2.24, 2.45) is 0 Å². The van der Waals surface area contributed by atoms with E-state index < -0.39 is 11.9 Å². The van der Waals surface area contributed by atoms with Crippen molar-refractivity contribution in [3.63, 3.8) is 0 Å². The van der Waals surface area contributed by atoms with Crippen LogP contribution in [0.2, 0.25) is 0 Å². The van der Waals surface area contributed by atoms with E-state index in [1.807, 2.05) is 36.4 Å². The van der Waals surface area contributed by atoms with Gasteiger partial charge in [0.05, 0.1) is 12.1 Å². The van der Waals surface area contributed by atoms with Crippen molar-refractivity contribution in [2.75, 3.05) is 18.1 Å². The molecule has 3 aromatic carbocycles. The molecule has 0 bridgehead atoms. The van der Waals surface area contributed by atoms with Gasteiger partial charge in [-0.15, -0.1) is 5.26 Å². The first-order valence-corrected chi connectivity index (χ1v) is 9.91. The summed E-state index contributed by atoms with van der Waals surface area (Å²) in [4.78, 5) is 23.8. The monoisotopic (exact) mass is 443 g/mol. The highest BCUT2D eigenvalue weighted by molar-refractivity contribution is 5.87. The fraction of sp³-hybridized carbons (Fsp3) is 0.0800. The van der Waals surface area contributed by atoms with Crippen LogP contribution in [0, 0.1) is 11.5 Å². The highest BCUT2D eigenvalue weighted by Gasteiger charge is 2.09. The lowest BCUT2D eigenvalue weighted by Gasteiger charge is -2.07. The number of carbonyl (C=O) groups is 2. The molecule has 0 fully saturated rings. The summed E-state index contributed by atoms with van der Waals surface area (Å²) in [5, 5.41) is 8.53. The standard InChI is InChI=1S/C25H21N3O5/c26-16-32-21-9-6-19(7-10-21)18-4-1-17(2-5-18)3-12-24(29)31-14-13-25(30)33-23-11-8-20(27)15-22(23)28/h1-12,15H,13-14,27-28H2/b12-3+. The molecular weight excluding hydrogens is 422 g/mol. The summed E-state index contributed by atoms with van der Waals surface area (Å²) < 4.78 is 14.9. The van der Waals surface area contributed by atoms with Crippen LogP contribution in [-0.2, 0) is 14.3 Å². The summed E-state index contributed by atoms with van der Waals surface area (Å²) in [6.45, 7) is -0.124. The molecule has 0 aliphatic rings. The van der Waals surface area contributed by atoms with E-state index in [0.29, 0.717) is 11.4 Å². The second kappa shape index (κ2) is 11.0. The molecule has 0 aromatic heterocycles. The van der Waals surface area contributed by atoms with Crippen molar-refractivity contribution >= 4 is 29.4 Å². The Balaban J connectivity index is 1.45. The van der Waals surface area contributed by atoms with E-state index in [0.717, 1.165) is 16.7 Å². The molecule has 0 saturated heterocycles. The van der Waals surface area contributed by atoms with Gasteiger partial charge in [-0.2, -0.15) is 0 Å². The summed E-state index contributed by atoms with van der Waals surface area (Å²) >= 11 is 0. The van der Waals surface area contributed by atoms with E-state index in [-0.39, 0.29) is 24.5 Å². The molecular formula is C25H21N3O5. The molecule has 8 heteroatoms. The van der Waals surface area contributed by atoms with E-state index in [1.54, 1.807) is 30.5 Å². The first kappa shape index (κ1) is 22.9. The van der Waals surface area contributed by atoms with Crippen LogP contribution in [0.25, 0.3) is 17.2 Å². The summed E-state index contributed by atoms with van der Waals surface area (Å²) in [7, 11) is 0. The quantitative estimate of drug-likeness (QED) is 0.176. The maximum Gasteiger partial charge on any atom is 0.330 e. The molecule has 3 aromatic rings. The molecule has 3 rings (SSSR count). The van der Waals surface area contributed by atoms with Gasteiger partial charge in [0.2, 0.25) is 0 Å². The molecule has 0 amide bonds. The maximum atomic E-state index is 11.9. The largest absolute Gasteiger partial charge is 0.462 e. The smallest absolute Gasteiger partial charge is 0.330 e. The minimum Gasteiger partial charge on any atom is -0.462 e. The number of nitriles is 1. The van der Waals surface area contributed by atoms with Crippen LogP contribution in [0.5, 0.6) is 11.5 Å². The van der Waals surface area contributed by atoms with Crippen molar-refractivity contribution in [2.45, 2.75) is 6.42 Å². The van der Waals surface area contributed by atoms with Gasteiger partial charge in [0.25, 0.3) is 6.26 Å². The van der Waals surface area contributed by atoms with Crippen LogP contribution in [0.15, 0.2) is 72.8 Å². The predicted molar refractivity (Wildman–Crippen MR) is 124 cm³/mol. The summed E-state index contributed by atoms with van der Waals surface area (Å²) in [6, 6.07) is 19.2. The Morgan fingerprint density at radius 3 is 2.24 bits per heavy atom. The summed E-state index contributed by atoms with van der Waals surface area (Å²) in [5.74, 6) is -0.477. The number of hydrogen-bond donors (Lipinski definition) is 2. The lowest BCUT2D eigenvalue weighted by atomic mass is 10.0. The Labute approximate surface area is 190 Å². The van der Waals surface area contributed by atoms with E-state index in [4.69, 9.17) is 30.9 Å². The Hall–Kier alpha value is -4.77. The topological polar surface area (TPSA) is 138 Å². The van der Waals surface area contributed by atoms with Gasteiger partial charge >= 0.3 is 11.9 Å². The highest BCUT2D eigenvalue weighted by atomic mass is 16.5. The number of carbonyl (C=O) groups excluding carboxylic acids is 2. The highest BCUT2D eigenvalue weighted by Crippen LogP contribution is 2.24. The number of benzene rings is 3. The van der Waals surface area contributed by atoms with E-state index >= 15 is 0 Å². The summed E-state index contributed by atoms with van der Waals surface area (Å²) in [5.41, 5.74) is 14.8. The Kier molecular flexibility index (Phi) is 7.65. The number of nitrogens with two attached hydrogens (primary N) is 2. The molecule has 0 aliphatic carbocycles. The van der Waals surface area contributed by atoms with E-state index in [2.05, 4.69) is 0 Å². The third-order valence-corrected chi connectivity index (χ3v) is 4.48. The number of nitrogen functional groups attached to an aromatic ring is 2. The molecule has 0 aliphatic heterocycles. The van der Waals surface area contributed by atoms with Crippen molar-refractivity contribution in [1.29, 1.82) is 5.26 Å². The number of ether oxygens (including phenoxy) is 3. The minimum absolute atomic E-state index is 0.115. The Morgan fingerprint density at radius 1 is 0.939 bits per heavy atom. The molecule has 0 spiro atoms. The van der Waals surface area contributed by atoms with Gasteiger partial charge < -0.3 is 25.7 Å². The average molecular weight is 443 g/mol. The van der Waals surface area contributed by atoms with Crippen LogP contribution in [0.4, 0.5) is 11.4 Å². The average Bonchev–Trinajstić information content (AvgIpc) is 2.81. The first-order chi connectivity index (χ1) is 15.9. The lowest BCUT2D eigenvalue weighted by Crippen LogP contribution is -2.13. The van der Waals surface area contributed by atoms with Crippen LogP contribution >= 0.6 is 0 Å². The van der Waals surface area contributed by atoms with Crippen molar-refractivity contribution in [3.05, 3.63) is 78.4 Å². The minimum atomic E-state index is -0.578. The number of rotatable bonds is 8. The zero-order chi connectivity index (χ0) is 23.6. The lowest BCUT2D eigenvalue weighted by molar-refractivity contribution is -0.141. The van der Waals surface area contributed by atoms with Crippen LogP contribution < -0.4 is 20.9 Å². The first-order valence-electron chi connectivity index (χ1n) is 9.91. The van der Waals surface area contributed by atoms with Gasteiger partial charge in [-0.05, 0) is 53.1 Å². The van der Waals surface area contributed by atoms with Crippen LogP contribution in [0.3, 0.4) is 0 Å². The normalized spacial score (nSPS) is 10.4. The van der Waals surface area contributed by atoms with Gasteiger partial charge in [0.1, 0.15) is 12.4 Å². The molecule has 4 N–H and O–H groups in total. The predicted octanol–water partition coefficient (Wildman–Crippen LogP) is 3.93. The van der Waals surface area contributed by atoms with Gasteiger partial charge in [-0.1, -0.05) is 36.4 Å². The Bertz CT molecular complexity index is 1200. The molecule has 0 radical (unpaired) electrons. The fourth-order valence-electron chi connectivity index (χ4n) is 2.84. The molecule has 166 valence electrons. The summed E-state index contributed by atoms with van der Waals surface area (Å²) in [6.07, 6.45) is 4.41. The van der Waals surface area contributed by atoms with Gasteiger partial charge in [0.15, 0.2) is 5.75 Å². The number of anilines is 2. The Morgan fingerprint density at radius 2 is 1.61 bits per heavy atom. The van der Waals surface area contributed by atoms with Crippen molar-refractivity contribution in [1.82, 2.24) is 0 Å². The van der Waals surface area contributed by atoms with Crippen LogP contribution in [0.1, 0.15) is 12.0 Å². The van der Waals surface area contributed by atoms with E-state index in [1.165, 1.54) is 18.2 Å².